The van der Waals surface area contributed by atoms with Crippen molar-refractivity contribution < 1.29 is 4.79 Å². The maximum absolute atomic E-state index is 12.3. The first-order valence-corrected chi connectivity index (χ1v) is 7.98. The zero-order chi connectivity index (χ0) is 15.6. The molecule has 0 spiro atoms. The van der Waals surface area contributed by atoms with Gasteiger partial charge in [0.1, 0.15) is 0 Å². The van der Waals surface area contributed by atoms with Crippen molar-refractivity contribution in [2.24, 2.45) is 0 Å². The van der Waals surface area contributed by atoms with Gasteiger partial charge in [0.25, 0.3) is 0 Å². The maximum Gasteiger partial charge on any atom is 0.238 e. The maximum atomic E-state index is 12.3. The first kappa shape index (κ1) is 16.4. The summed E-state index contributed by atoms with van der Waals surface area (Å²) in [6.07, 6.45) is 3.34. The van der Waals surface area contributed by atoms with Crippen molar-refractivity contribution in [1.29, 1.82) is 0 Å². The van der Waals surface area contributed by atoms with Gasteiger partial charge in [-0.1, -0.05) is 30.1 Å². The largest absolute Gasteiger partial charge is 0.399 e. The number of hydrogen-bond acceptors (Lipinski definition) is 3. The normalized spacial score (nSPS) is 22.5. The van der Waals surface area contributed by atoms with Crippen LogP contribution in [0.4, 0.5) is 11.4 Å². The Morgan fingerprint density at radius 3 is 2.57 bits per heavy atom. The summed E-state index contributed by atoms with van der Waals surface area (Å²) in [5.41, 5.74) is 6.56. The van der Waals surface area contributed by atoms with Gasteiger partial charge in [0, 0.05) is 17.8 Å². The molecule has 2 unspecified atom stereocenters. The van der Waals surface area contributed by atoms with E-state index in [1.807, 2.05) is 0 Å². The minimum absolute atomic E-state index is 0.101. The van der Waals surface area contributed by atoms with E-state index in [2.05, 4.69) is 24.1 Å². The Kier molecular flexibility index (Phi) is 5.36. The number of carbonyl (C=O) groups excluding carboxylic acids is 1. The summed E-state index contributed by atoms with van der Waals surface area (Å²) < 4.78 is 0. The van der Waals surface area contributed by atoms with E-state index in [-0.39, 0.29) is 5.91 Å². The van der Waals surface area contributed by atoms with Crippen LogP contribution in [0, 0.1) is 0 Å². The third-order valence-electron chi connectivity index (χ3n) is 4.08. The van der Waals surface area contributed by atoms with Crippen LogP contribution < -0.4 is 11.1 Å². The lowest BCUT2D eigenvalue weighted by molar-refractivity contribution is -0.118. The molecule has 0 aromatic heterocycles. The van der Waals surface area contributed by atoms with E-state index in [1.165, 1.54) is 0 Å². The van der Waals surface area contributed by atoms with Gasteiger partial charge in [-0.25, -0.2) is 0 Å². The van der Waals surface area contributed by atoms with Crippen molar-refractivity contribution in [3.05, 3.63) is 22.2 Å². The molecule has 1 aromatic carbocycles. The Balaban J connectivity index is 2.05. The highest BCUT2D eigenvalue weighted by molar-refractivity contribution is 6.40. The molecule has 2 atom stereocenters. The molecule has 1 aromatic rings. The zero-order valence-corrected chi connectivity index (χ0v) is 13.8. The van der Waals surface area contributed by atoms with Crippen LogP contribution >= 0.6 is 23.2 Å². The summed E-state index contributed by atoms with van der Waals surface area (Å²) in [6, 6.07) is 4.06. The monoisotopic (exact) mass is 329 g/mol. The number of benzene rings is 1. The van der Waals surface area contributed by atoms with Crippen molar-refractivity contribution in [1.82, 2.24) is 4.90 Å². The van der Waals surface area contributed by atoms with E-state index in [9.17, 15) is 4.79 Å². The van der Waals surface area contributed by atoms with Gasteiger partial charge in [-0.05, 0) is 38.3 Å². The van der Waals surface area contributed by atoms with Crippen LogP contribution in [0.1, 0.15) is 33.1 Å². The van der Waals surface area contributed by atoms with Crippen molar-refractivity contribution in [3.8, 4) is 0 Å². The van der Waals surface area contributed by atoms with Crippen LogP contribution in [0.15, 0.2) is 12.1 Å². The number of anilines is 2. The molecule has 1 heterocycles. The van der Waals surface area contributed by atoms with Crippen LogP contribution in [-0.2, 0) is 4.79 Å². The molecule has 0 aliphatic carbocycles. The summed E-state index contributed by atoms with van der Waals surface area (Å²) in [6.45, 7) is 4.67. The van der Waals surface area contributed by atoms with Gasteiger partial charge in [0.2, 0.25) is 5.91 Å². The highest BCUT2D eigenvalue weighted by atomic mass is 35.5. The zero-order valence-electron chi connectivity index (χ0n) is 12.3. The molecule has 21 heavy (non-hydrogen) atoms. The SMILES string of the molecule is CCC1CCC(C)N1CC(=O)Nc1c(Cl)cc(N)cc1Cl. The molecule has 1 fully saturated rings. The quantitative estimate of drug-likeness (QED) is 0.826. The van der Waals surface area contributed by atoms with Crippen LogP contribution in [-0.4, -0.2) is 29.4 Å². The van der Waals surface area contributed by atoms with Gasteiger partial charge in [-0.2, -0.15) is 0 Å². The number of nitrogens with zero attached hydrogens (tertiary/aromatic N) is 1. The Hall–Kier alpha value is -0.970. The average molecular weight is 330 g/mol. The number of halogens is 2. The number of nitrogen functional groups attached to an aromatic ring is 1. The fraction of sp³-hybridized carbons (Fsp3) is 0.533. The average Bonchev–Trinajstić information content (AvgIpc) is 2.75. The minimum atomic E-state index is -0.101. The van der Waals surface area contributed by atoms with E-state index in [0.717, 1.165) is 19.3 Å². The summed E-state index contributed by atoms with van der Waals surface area (Å²) in [5.74, 6) is -0.101. The molecule has 6 heteroatoms. The van der Waals surface area contributed by atoms with Gasteiger partial charge in [0.05, 0.1) is 22.3 Å². The molecule has 1 saturated heterocycles. The first-order valence-electron chi connectivity index (χ1n) is 7.22. The van der Waals surface area contributed by atoms with Crippen LogP contribution in [0.2, 0.25) is 10.0 Å². The van der Waals surface area contributed by atoms with Crippen LogP contribution in [0.3, 0.4) is 0 Å². The minimum Gasteiger partial charge on any atom is -0.399 e. The molecule has 0 saturated carbocycles. The summed E-state index contributed by atoms with van der Waals surface area (Å²) in [4.78, 5) is 14.5. The fourth-order valence-electron chi connectivity index (χ4n) is 2.91. The lowest BCUT2D eigenvalue weighted by Crippen LogP contribution is -2.40. The van der Waals surface area contributed by atoms with Gasteiger partial charge in [0.15, 0.2) is 0 Å². The Labute approximate surface area is 135 Å². The molecule has 2 rings (SSSR count). The summed E-state index contributed by atoms with van der Waals surface area (Å²) >= 11 is 12.2. The number of nitrogens with two attached hydrogens (primary N) is 1. The Morgan fingerprint density at radius 2 is 2.00 bits per heavy atom. The van der Waals surface area contributed by atoms with Crippen molar-refractivity contribution in [2.45, 2.75) is 45.2 Å². The van der Waals surface area contributed by atoms with E-state index >= 15 is 0 Å². The topological polar surface area (TPSA) is 58.4 Å². The lowest BCUT2D eigenvalue weighted by Gasteiger charge is -2.27. The van der Waals surface area contributed by atoms with E-state index in [1.54, 1.807) is 12.1 Å². The van der Waals surface area contributed by atoms with Gasteiger partial charge < -0.3 is 11.1 Å². The van der Waals surface area contributed by atoms with Gasteiger partial charge in [-0.3, -0.25) is 9.69 Å². The standard InChI is InChI=1S/C15H21Cl2N3O/c1-3-11-5-4-9(2)20(11)8-14(21)19-15-12(16)6-10(18)7-13(15)17/h6-7,9,11H,3-5,8,18H2,1-2H3,(H,19,21). The van der Waals surface area contributed by atoms with E-state index in [4.69, 9.17) is 28.9 Å². The third-order valence-corrected chi connectivity index (χ3v) is 4.68. The first-order chi connectivity index (χ1) is 9.92. The molecule has 4 nitrogen and oxygen atoms in total. The number of rotatable bonds is 4. The molecule has 0 bridgehead atoms. The highest BCUT2D eigenvalue weighted by Crippen LogP contribution is 2.33. The molecule has 0 radical (unpaired) electrons. The molecular formula is C15H21Cl2N3O. The third kappa shape index (κ3) is 3.82. The van der Waals surface area contributed by atoms with Gasteiger partial charge >= 0.3 is 0 Å². The van der Waals surface area contributed by atoms with Crippen LogP contribution in [0.5, 0.6) is 0 Å². The molecular weight excluding hydrogens is 309 g/mol. The summed E-state index contributed by atoms with van der Waals surface area (Å²) in [5, 5.41) is 3.51. The predicted molar refractivity (Wildman–Crippen MR) is 89.0 cm³/mol. The second-order valence-electron chi connectivity index (χ2n) is 5.57. The second-order valence-corrected chi connectivity index (χ2v) is 6.38. The predicted octanol–water partition coefficient (Wildman–Crippen LogP) is 3.78. The molecule has 1 aliphatic rings. The highest BCUT2D eigenvalue weighted by Gasteiger charge is 2.30. The molecule has 1 aliphatic heterocycles. The molecule has 116 valence electrons. The fourth-order valence-corrected chi connectivity index (χ4v) is 3.50. The smallest absolute Gasteiger partial charge is 0.238 e. The summed E-state index contributed by atoms with van der Waals surface area (Å²) in [7, 11) is 0. The number of amides is 1. The van der Waals surface area contributed by atoms with Crippen LogP contribution in [0.25, 0.3) is 0 Å². The second kappa shape index (κ2) is 6.86. The molecule has 3 N–H and O–H groups in total. The number of likely N-dealkylation sites (tertiary alicyclic amines) is 1. The van der Waals surface area contributed by atoms with Crippen molar-refractivity contribution >= 4 is 40.5 Å². The number of hydrogen-bond donors (Lipinski definition) is 2. The number of nitrogens with one attached hydrogen (secondary N) is 1. The Morgan fingerprint density at radius 1 is 1.38 bits per heavy atom. The van der Waals surface area contributed by atoms with Gasteiger partial charge in [-0.15, -0.1) is 0 Å². The Bertz CT molecular complexity index is 513. The number of carbonyl (C=O) groups is 1. The van der Waals surface area contributed by atoms with Crippen molar-refractivity contribution in [2.75, 3.05) is 17.6 Å². The lowest BCUT2D eigenvalue weighted by atomic mass is 10.1. The van der Waals surface area contributed by atoms with Crippen molar-refractivity contribution in [3.63, 3.8) is 0 Å². The van der Waals surface area contributed by atoms with E-state index in [0.29, 0.717) is 40.0 Å². The van der Waals surface area contributed by atoms with E-state index < -0.39 is 0 Å². The molecule has 1 amide bonds.